The Hall–Kier alpha value is -1.77. The second kappa shape index (κ2) is 4.17. The van der Waals surface area contributed by atoms with Crippen molar-refractivity contribution in [3.05, 3.63) is 47.7 Å². The van der Waals surface area contributed by atoms with Gasteiger partial charge in [-0.1, -0.05) is 12.1 Å². The Balaban J connectivity index is 1.99. The molecule has 0 saturated carbocycles. The second-order valence-electron chi connectivity index (χ2n) is 3.47. The Morgan fingerprint density at radius 3 is 2.87 bits per heavy atom. The molecule has 2 aromatic rings. The van der Waals surface area contributed by atoms with E-state index in [2.05, 4.69) is 4.98 Å². The van der Waals surface area contributed by atoms with Gasteiger partial charge in [-0.15, -0.1) is 0 Å². The lowest BCUT2D eigenvalue weighted by atomic mass is 10.2. The van der Waals surface area contributed by atoms with Gasteiger partial charge >= 0.3 is 0 Å². The standard InChI is InChI=1S/C12H13NO2/c1-9-4-3-5-11(6-9)14-8-12-13-7-10(2)15-12/h3-7H,8H2,1-2H3. The summed E-state index contributed by atoms with van der Waals surface area (Å²) in [6.45, 7) is 4.27. The minimum atomic E-state index is 0.372. The van der Waals surface area contributed by atoms with Crippen molar-refractivity contribution >= 4 is 0 Å². The fourth-order valence-corrected chi connectivity index (χ4v) is 1.32. The zero-order valence-corrected chi connectivity index (χ0v) is 8.86. The summed E-state index contributed by atoms with van der Waals surface area (Å²) < 4.78 is 10.8. The van der Waals surface area contributed by atoms with Crippen LogP contribution in [0.15, 0.2) is 34.9 Å². The first-order chi connectivity index (χ1) is 7.24. The van der Waals surface area contributed by atoms with Gasteiger partial charge in [0.1, 0.15) is 11.5 Å². The maximum Gasteiger partial charge on any atom is 0.232 e. The van der Waals surface area contributed by atoms with Crippen molar-refractivity contribution in [2.24, 2.45) is 0 Å². The molecule has 15 heavy (non-hydrogen) atoms. The summed E-state index contributed by atoms with van der Waals surface area (Å²) in [6.07, 6.45) is 1.69. The van der Waals surface area contributed by atoms with Crippen LogP contribution in [0.3, 0.4) is 0 Å². The fourth-order valence-electron chi connectivity index (χ4n) is 1.32. The van der Waals surface area contributed by atoms with E-state index in [1.165, 1.54) is 5.56 Å². The van der Waals surface area contributed by atoms with Gasteiger partial charge in [0, 0.05) is 0 Å². The minimum Gasteiger partial charge on any atom is -0.484 e. The summed E-state index contributed by atoms with van der Waals surface area (Å²) in [5.41, 5.74) is 1.18. The van der Waals surface area contributed by atoms with Crippen LogP contribution in [-0.4, -0.2) is 4.98 Å². The Bertz CT molecular complexity index is 448. The molecule has 0 unspecified atom stereocenters. The number of oxazole rings is 1. The van der Waals surface area contributed by atoms with Gasteiger partial charge in [0.2, 0.25) is 5.89 Å². The molecule has 1 aromatic carbocycles. The van der Waals surface area contributed by atoms with E-state index in [0.29, 0.717) is 12.5 Å². The topological polar surface area (TPSA) is 35.3 Å². The normalized spacial score (nSPS) is 10.3. The van der Waals surface area contributed by atoms with Crippen LogP contribution in [0.2, 0.25) is 0 Å². The van der Waals surface area contributed by atoms with Gasteiger partial charge in [0.05, 0.1) is 6.20 Å². The van der Waals surface area contributed by atoms with E-state index < -0.39 is 0 Å². The monoisotopic (exact) mass is 203 g/mol. The Morgan fingerprint density at radius 1 is 1.33 bits per heavy atom. The molecule has 0 fully saturated rings. The second-order valence-corrected chi connectivity index (χ2v) is 3.47. The van der Waals surface area contributed by atoms with E-state index in [1.807, 2.05) is 38.1 Å². The van der Waals surface area contributed by atoms with Crippen molar-refractivity contribution in [3.8, 4) is 5.75 Å². The smallest absolute Gasteiger partial charge is 0.232 e. The highest BCUT2D eigenvalue weighted by atomic mass is 16.5. The third kappa shape index (κ3) is 2.59. The molecule has 1 heterocycles. The maximum absolute atomic E-state index is 5.53. The van der Waals surface area contributed by atoms with Gasteiger partial charge in [-0.05, 0) is 31.5 Å². The van der Waals surface area contributed by atoms with Crippen LogP contribution in [0.25, 0.3) is 0 Å². The predicted octanol–water partition coefficient (Wildman–Crippen LogP) is 2.87. The molecule has 0 amide bonds. The van der Waals surface area contributed by atoms with E-state index in [0.717, 1.165) is 11.5 Å². The van der Waals surface area contributed by atoms with Crippen LogP contribution >= 0.6 is 0 Å². The zero-order valence-electron chi connectivity index (χ0n) is 8.86. The first-order valence-corrected chi connectivity index (χ1v) is 4.85. The average molecular weight is 203 g/mol. The van der Waals surface area contributed by atoms with Crippen LogP contribution in [0.5, 0.6) is 5.75 Å². The van der Waals surface area contributed by atoms with Crippen molar-refractivity contribution < 1.29 is 9.15 Å². The maximum atomic E-state index is 5.53. The lowest BCUT2D eigenvalue weighted by Gasteiger charge is -2.03. The van der Waals surface area contributed by atoms with E-state index in [1.54, 1.807) is 6.20 Å². The Kier molecular flexibility index (Phi) is 2.72. The van der Waals surface area contributed by atoms with Gasteiger partial charge in [-0.25, -0.2) is 4.98 Å². The Labute approximate surface area is 88.7 Å². The molecular weight excluding hydrogens is 190 g/mol. The van der Waals surface area contributed by atoms with Crippen molar-refractivity contribution in [1.29, 1.82) is 0 Å². The molecule has 0 N–H and O–H groups in total. The molecule has 1 aromatic heterocycles. The molecule has 0 saturated heterocycles. The largest absolute Gasteiger partial charge is 0.484 e. The lowest BCUT2D eigenvalue weighted by molar-refractivity contribution is 0.260. The third-order valence-electron chi connectivity index (χ3n) is 2.02. The average Bonchev–Trinajstić information content (AvgIpc) is 2.62. The molecule has 0 spiro atoms. The van der Waals surface area contributed by atoms with E-state index in [9.17, 15) is 0 Å². The number of nitrogens with zero attached hydrogens (tertiary/aromatic N) is 1. The lowest BCUT2D eigenvalue weighted by Crippen LogP contribution is -1.95. The summed E-state index contributed by atoms with van der Waals surface area (Å²) in [4.78, 5) is 4.06. The van der Waals surface area contributed by atoms with Crippen molar-refractivity contribution in [1.82, 2.24) is 4.98 Å². The SMILES string of the molecule is Cc1cccc(OCc2ncc(C)o2)c1. The summed E-state index contributed by atoms with van der Waals surface area (Å²) >= 11 is 0. The van der Waals surface area contributed by atoms with Gasteiger partial charge in [-0.3, -0.25) is 0 Å². The molecule has 0 aliphatic carbocycles. The van der Waals surface area contributed by atoms with Gasteiger partial charge in [-0.2, -0.15) is 0 Å². The van der Waals surface area contributed by atoms with Gasteiger partial charge in [0.25, 0.3) is 0 Å². The third-order valence-corrected chi connectivity index (χ3v) is 2.02. The van der Waals surface area contributed by atoms with Crippen molar-refractivity contribution in [2.75, 3.05) is 0 Å². The molecule has 0 atom stereocenters. The number of hydrogen-bond acceptors (Lipinski definition) is 3. The van der Waals surface area contributed by atoms with Gasteiger partial charge < -0.3 is 9.15 Å². The molecule has 3 nitrogen and oxygen atoms in total. The zero-order chi connectivity index (χ0) is 10.7. The number of ether oxygens (including phenoxy) is 1. The molecule has 78 valence electrons. The van der Waals surface area contributed by atoms with Crippen molar-refractivity contribution in [2.45, 2.75) is 20.5 Å². The number of benzene rings is 1. The molecule has 0 aliphatic rings. The molecule has 0 radical (unpaired) electrons. The number of rotatable bonds is 3. The summed E-state index contributed by atoms with van der Waals surface area (Å²) in [6, 6.07) is 7.90. The molecule has 3 heteroatoms. The highest BCUT2D eigenvalue weighted by Crippen LogP contribution is 2.14. The quantitative estimate of drug-likeness (QED) is 0.769. The van der Waals surface area contributed by atoms with E-state index >= 15 is 0 Å². The molecule has 0 aliphatic heterocycles. The van der Waals surface area contributed by atoms with Gasteiger partial charge in [0.15, 0.2) is 6.61 Å². The van der Waals surface area contributed by atoms with Crippen molar-refractivity contribution in [3.63, 3.8) is 0 Å². The first-order valence-electron chi connectivity index (χ1n) is 4.85. The fraction of sp³-hybridized carbons (Fsp3) is 0.250. The molecule has 2 rings (SSSR count). The number of hydrogen-bond donors (Lipinski definition) is 0. The van der Waals surface area contributed by atoms with Crippen LogP contribution in [0.1, 0.15) is 17.2 Å². The summed E-state index contributed by atoms with van der Waals surface area (Å²) in [5.74, 6) is 2.25. The molecule has 0 bridgehead atoms. The summed E-state index contributed by atoms with van der Waals surface area (Å²) in [7, 11) is 0. The Morgan fingerprint density at radius 2 is 2.20 bits per heavy atom. The number of aryl methyl sites for hydroxylation is 2. The number of aromatic nitrogens is 1. The van der Waals surface area contributed by atoms with Crippen LogP contribution in [-0.2, 0) is 6.61 Å². The first kappa shape index (κ1) is 9.77. The highest BCUT2D eigenvalue weighted by Gasteiger charge is 2.01. The minimum absolute atomic E-state index is 0.372. The molecular formula is C12H13NO2. The van der Waals surface area contributed by atoms with Crippen LogP contribution in [0, 0.1) is 13.8 Å². The van der Waals surface area contributed by atoms with E-state index in [4.69, 9.17) is 9.15 Å². The predicted molar refractivity (Wildman–Crippen MR) is 56.8 cm³/mol. The highest BCUT2D eigenvalue weighted by molar-refractivity contribution is 5.27. The van der Waals surface area contributed by atoms with Crippen LogP contribution in [0.4, 0.5) is 0 Å². The van der Waals surface area contributed by atoms with E-state index in [-0.39, 0.29) is 0 Å². The van der Waals surface area contributed by atoms with Crippen LogP contribution < -0.4 is 4.74 Å². The summed E-state index contributed by atoms with van der Waals surface area (Å²) in [5, 5.41) is 0.